The van der Waals surface area contributed by atoms with Gasteiger partial charge >= 0.3 is 0 Å². The Morgan fingerprint density at radius 2 is 0.984 bits per heavy atom. The molecule has 4 nitrogen and oxygen atoms in total. The van der Waals surface area contributed by atoms with Crippen molar-refractivity contribution in [2.75, 3.05) is 5.34 Å². The van der Waals surface area contributed by atoms with E-state index < -0.39 is 30.0 Å². The van der Waals surface area contributed by atoms with Gasteiger partial charge in [-0.2, -0.15) is 0 Å². The third kappa shape index (κ3) is 8.31. The summed E-state index contributed by atoms with van der Waals surface area (Å²) in [5.41, 5.74) is 5.59. The molecule has 310 valence electrons. The van der Waals surface area contributed by atoms with Crippen LogP contribution in [0.5, 0.6) is 0 Å². The van der Waals surface area contributed by atoms with Gasteiger partial charge in [0, 0.05) is 11.1 Å². The fourth-order valence-electron chi connectivity index (χ4n) is 8.69. The third-order valence-corrected chi connectivity index (χ3v) is 15.7. The van der Waals surface area contributed by atoms with Crippen LogP contribution in [0.4, 0.5) is 0 Å². The monoisotopic (exact) mass is 896 g/mol. The van der Waals surface area contributed by atoms with Gasteiger partial charge in [0.05, 0.1) is 16.3 Å². The van der Waals surface area contributed by atoms with E-state index in [1.165, 1.54) is 15.9 Å². The van der Waals surface area contributed by atoms with Crippen LogP contribution in [0.15, 0.2) is 228 Å². The lowest BCUT2D eigenvalue weighted by Gasteiger charge is -2.31. The molecule has 1 aliphatic rings. The minimum Gasteiger partial charge on any atom is -0.256 e. The average Bonchev–Trinajstić information content (AvgIpc) is 3.75. The molecule has 1 aliphatic heterocycles. The van der Waals surface area contributed by atoms with Crippen molar-refractivity contribution in [1.29, 1.82) is 0 Å². The molecule has 1 heterocycles. The molecule has 9 aromatic rings. The molecule has 63 heavy (non-hydrogen) atoms. The maximum absolute atomic E-state index is 15.6. The minimum absolute atomic E-state index is 0.194. The number of alkyl halides is 2. The van der Waals surface area contributed by atoms with E-state index in [2.05, 4.69) is 146 Å². The fraction of sp³-hybridized carbons (Fsp3) is 0.0727. The summed E-state index contributed by atoms with van der Waals surface area (Å²) < 4.78 is 32.8. The summed E-state index contributed by atoms with van der Waals surface area (Å²) in [5.74, 6) is 0.418. The van der Waals surface area contributed by atoms with E-state index in [4.69, 9.17) is 28.2 Å². The maximum atomic E-state index is 15.6. The van der Waals surface area contributed by atoms with Crippen molar-refractivity contribution in [2.24, 2.45) is 4.99 Å². The quantitative estimate of drug-likeness (QED) is 0.107. The lowest BCUT2D eigenvalue weighted by atomic mass is 9.89. The van der Waals surface area contributed by atoms with Gasteiger partial charge in [0.1, 0.15) is 11.9 Å². The number of sulfonamides is 1. The van der Waals surface area contributed by atoms with Crippen molar-refractivity contribution in [2.45, 2.75) is 23.9 Å². The van der Waals surface area contributed by atoms with Crippen LogP contribution in [0.3, 0.4) is 0 Å². The molecule has 0 fully saturated rings. The van der Waals surface area contributed by atoms with Crippen molar-refractivity contribution >= 4 is 84.4 Å². The van der Waals surface area contributed by atoms with Gasteiger partial charge < -0.3 is 0 Å². The summed E-state index contributed by atoms with van der Waals surface area (Å²) >= 11 is 9.53. The van der Waals surface area contributed by atoms with Crippen LogP contribution in [0.1, 0.15) is 34.3 Å². The SMILES string of the molecule is Cc1ccc(S(=O)(=O)N2C(c3ccc4ccccc4c3-c3c(P(c4ccccc4)c4ccccc4)ccc4ccccc34)=N[C@@H](c3ccccc3)[C@@H]2c2ccccc2)cc1.ClCCl. The number of benzene rings is 9. The molecule has 0 aromatic heterocycles. The minimum atomic E-state index is -4.19. The van der Waals surface area contributed by atoms with Crippen LogP contribution in [-0.2, 0) is 10.0 Å². The molecule has 0 aliphatic carbocycles. The molecular weight excluding hydrogens is 855 g/mol. The maximum Gasteiger partial charge on any atom is 0.266 e. The Morgan fingerprint density at radius 3 is 1.54 bits per heavy atom. The first-order valence-corrected chi connectivity index (χ1v) is 24.6. The number of aryl methyl sites for hydroxylation is 1. The largest absolute Gasteiger partial charge is 0.266 e. The van der Waals surface area contributed by atoms with Crippen molar-refractivity contribution in [1.82, 2.24) is 4.31 Å². The van der Waals surface area contributed by atoms with Crippen LogP contribution in [-0.4, -0.2) is 23.9 Å². The van der Waals surface area contributed by atoms with Crippen LogP contribution in [0.2, 0.25) is 0 Å². The topological polar surface area (TPSA) is 49.7 Å². The van der Waals surface area contributed by atoms with E-state index in [0.29, 0.717) is 5.84 Å². The number of halogens is 2. The second-order valence-corrected chi connectivity index (χ2v) is 20.1. The Hall–Kier alpha value is -6.07. The van der Waals surface area contributed by atoms with E-state index >= 15 is 8.42 Å². The predicted octanol–water partition coefficient (Wildman–Crippen LogP) is 13.1. The molecule has 0 bridgehead atoms. The van der Waals surface area contributed by atoms with Gasteiger partial charge in [0.2, 0.25) is 0 Å². The highest BCUT2D eigenvalue weighted by Crippen LogP contribution is 2.49. The zero-order valence-corrected chi connectivity index (χ0v) is 37.7. The number of rotatable bonds is 9. The Labute approximate surface area is 380 Å². The molecule has 9 aromatic carbocycles. The highest BCUT2D eigenvalue weighted by Gasteiger charge is 2.46. The molecule has 0 amide bonds. The second kappa shape index (κ2) is 18.7. The first-order chi connectivity index (χ1) is 30.9. The van der Waals surface area contributed by atoms with Crippen molar-refractivity contribution in [3.8, 4) is 11.1 Å². The van der Waals surface area contributed by atoms with Gasteiger partial charge in [0.25, 0.3) is 10.0 Å². The highest BCUT2D eigenvalue weighted by atomic mass is 35.5. The molecule has 0 unspecified atom stereocenters. The third-order valence-electron chi connectivity index (χ3n) is 11.5. The molecule has 0 radical (unpaired) electrons. The number of nitrogens with zero attached hydrogens (tertiary/aromatic N) is 2. The standard InChI is InChI=1S/C54H41N2O2PS.CH2Cl2/c1-38-30-34-45(35-31-38)60(57,58)56-53(42-22-8-3-9-23-42)52(41-20-6-2-7-21-41)55-54(56)48-36-32-39-18-14-16-28-46(39)50(48)51-47-29-17-15-19-40(47)33-37-49(51)59(43-24-10-4-11-25-43)44-26-12-5-13-27-44;2-1-3/h2-37,52-53H,1H3;1H2/t52-,53-;/m0./s1. The summed E-state index contributed by atoms with van der Waals surface area (Å²) in [4.78, 5) is 5.83. The van der Waals surface area contributed by atoms with Crippen LogP contribution < -0.4 is 15.9 Å². The zero-order valence-electron chi connectivity index (χ0n) is 34.5. The Bertz CT molecular complexity index is 3110. The average molecular weight is 898 g/mol. The van der Waals surface area contributed by atoms with E-state index in [1.807, 2.05) is 67.6 Å². The molecule has 0 saturated heterocycles. The molecule has 8 heteroatoms. The van der Waals surface area contributed by atoms with Gasteiger partial charge in [-0.05, 0) is 87.2 Å². The van der Waals surface area contributed by atoms with Crippen molar-refractivity contribution in [3.63, 3.8) is 0 Å². The van der Waals surface area contributed by atoms with E-state index in [0.717, 1.165) is 54.9 Å². The van der Waals surface area contributed by atoms with E-state index in [-0.39, 0.29) is 10.2 Å². The fourth-order valence-corrected chi connectivity index (χ4v) is 12.8. The normalized spacial score (nSPS) is 15.0. The Balaban J connectivity index is 0.00000164. The zero-order chi connectivity index (χ0) is 43.3. The number of fused-ring (bicyclic) bond motifs is 2. The molecule has 0 saturated carbocycles. The number of amidine groups is 1. The van der Waals surface area contributed by atoms with Crippen LogP contribution in [0.25, 0.3) is 32.7 Å². The van der Waals surface area contributed by atoms with Gasteiger partial charge in [-0.3, -0.25) is 4.99 Å². The molecular formula is C55H43Cl2N2O2PS. The smallest absolute Gasteiger partial charge is 0.256 e. The number of hydrogen-bond acceptors (Lipinski definition) is 3. The summed E-state index contributed by atoms with van der Waals surface area (Å²) in [5, 5.41) is 8.12. The van der Waals surface area contributed by atoms with E-state index in [9.17, 15) is 0 Å². The second-order valence-electron chi connectivity index (χ2n) is 15.3. The number of hydrogen-bond donors (Lipinski definition) is 0. The lowest BCUT2D eigenvalue weighted by molar-refractivity contribution is 0.420. The lowest BCUT2D eigenvalue weighted by Crippen LogP contribution is -2.38. The summed E-state index contributed by atoms with van der Waals surface area (Å²) in [6.07, 6.45) is 0. The predicted molar refractivity (Wildman–Crippen MR) is 267 cm³/mol. The Morgan fingerprint density at radius 1 is 0.524 bits per heavy atom. The van der Waals surface area contributed by atoms with Crippen LogP contribution in [0, 0.1) is 6.92 Å². The molecule has 10 rings (SSSR count). The Kier molecular flexibility index (Phi) is 12.6. The number of aliphatic imine (C=N–C) groups is 1. The van der Waals surface area contributed by atoms with E-state index in [1.54, 1.807) is 16.4 Å². The molecule has 0 spiro atoms. The first-order valence-electron chi connectivity index (χ1n) is 20.7. The molecule has 2 atom stereocenters. The van der Waals surface area contributed by atoms with Gasteiger partial charge in [-0.1, -0.05) is 206 Å². The van der Waals surface area contributed by atoms with Crippen LogP contribution >= 0.6 is 31.1 Å². The van der Waals surface area contributed by atoms with Gasteiger partial charge in [-0.25, -0.2) is 12.7 Å². The van der Waals surface area contributed by atoms with Gasteiger partial charge in [0.15, 0.2) is 0 Å². The molecule has 0 N–H and O–H groups in total. The van der Waals surface area contributed by atoms with Crippen molar-refractivity contribution < 1.29 is 8.42 Å². The highest BCUT2D eigenvalue weighted by molar-refractivity contribution is 7.89. The first kappa shape index (κ1) is 42.2. The summed E-state index contributed by atoms with van der Waals surface area (Å²) in [6, 6.07) is 73.3. The van der Waals surface area contributed by atoms with Crippen molar-refractivity contribution in [3.05, 3.63) is 241 Å². The van der Waals surface area contributed by atoms with Gasteiger partial charge in [-0.15, -0.1) is 23.2 Å². The summed E-state index contributed by atoms with van der Waals surface area (Å²) in [7, 11) is -5.27. The summed E-state index contributed by atoms with van der Waals surface area (Å²) in [6.45, 7) is 1.97.